The molecule has 5 atom stereocenters. The van der Waals surface area contributed by atoms with Gasteiger partial charge >= 0.3 is 19.7 Å². The van der Waals surface area contributed by atoms with Crippen LogP contribution in [0.1, 0.15) is 17.3 Å². The number of nitrogens with one attached hydrogen (secondary N) is 4. The molecule has 73 heavy (non-hydrogen) atoms. The summed E-state index contributed by atoms with van der Waals surface area (Å²) in [6, 6.07) is 10.9. The van der Waals surface area contributed by atoms with Gasteiger partial charge < -0.3 is 101 Å². The van der Waals surface area contributed by atoms with E-state index in [0.29, 0.717) is 67.3 Å². The summed E-state index contributed by atoms with van der Waals surface area (Å²) in [4.78, 5) is 72.8. The largest absolute Gasteiger partial charge is 0.508 e. The number of aliphatic imine (C=N–C) groups is 1. The molecule has 0 saturated carbocycles. The highest BCUT2D eigenvalue weighted by Crippen LogP contribution is 2.49. The molecule has 0 saturated heterocycles. The number of nitrogens with two attached hydrogens (primary N) is 2. The number of carboxylic acid groups (broad SMARTS) is 1. The predicted molar refractivity (Wildman–Crippen MR) is 265 cm³/mol. The van der Waals surface area contributed by atoms with Crippen molar-refractivity contribution in [3.8, 4) is 28.2 Å². The normalized spacial score (nSPS) is 16.4. The third-order valence-electron chi connectivity index (χ3n) is 10.4. The van der Waals surface area contributed by atoms with Crippen LogP contribution in [0.25, 0.3) is 33.4 Å². The Morgan fingerprint density at radius 3 is 2.03 bits per heavy atom. The Morgan fingerprint density at radius 2 is 1.45 bits per heavy atom. The second kappa shape index (κ2) is 28.1. The van der Waals surface area contributed by atoms with Crippen LogP contribution in [0.15, 0.2) is 80.4 Å². The number of rotatable bonds is 28. The molecule has 0 fully saturated rings. The van der Waals surface area contributed by atoms with Gasteiger partial charge in [0.05, 0.1) is 90.3 Å². The van der Waals surface area contributed by atoms with E-state index >= 15 is 0 Å². The average Bonchev–Trinajstić information content (AvgIpc) is 3.32. The number of phenols is 1. The molecule has 5 rings (SSSR count). The van der Waals surface area contributed by atoms with Crippen LogP contribution in [0.3, 0.4) is 0 Å². The second-order valence-electron chi connectivity index (χ2n) is 15.8. The van der Waals surface area contributed by atoms with Crippen molar-refractivity contribution in [1.29, 1.82) is 0 Å². The highest BCUT2D eigenvalue weighted by molar-refractivity contribution is 7.80. The van der Waals surface area contributed by atoms with Gasteiger partial charge in [-0.1, -0.05) is 6.07 Å². The fourth-order valence-corrected chi connectivity index (χ4v) is 8.07. The summed E-state index contributed by atoms with van der Waals surface area (Å²) < 4.78 is 56.2. The lowest BCUT2D eigenvalue weighted by Crippen LogP contribution is -2.60. The van der Waals surface area contributed by atoms with Gasteiger partial charge in [-0.2, -0.15) is 0 Å². The summed E-state index contributed by atoms with van der Waals surface area (Å²) in [6.07, 6.45) is -5.55. The number of hydrogen-bond acceptors (Lipinski definition) is 18. The number of carbonyl (C=O) groups is 3. The first-order valence-corrected chi connectivity index (χ1v) is 24.4. The quantitative estimate of drug-likeness (QED) is 0.00912. The van der Waals surface area contributed by atoms with E-state index in [1.54, 1.807) is 24.3 Å². The first-order valence-electron chi connectivity index (χ1n) is 22.4. The van der Waals surface area contributed by atoms with Gasteiger partial charge in [0.25, 0.3) is 0 Å². The summed E-state index contributed by atoms with van der Waals surface area (Å²) in [7, 11) is -5.09. The number of guanidine groups is 1. The van der Waals surface area contributed by atoms with Crippen molar-refractivity contribution in [2.24, 2.45) is 16.5 Å². The molecule has 2 aliphatic heterocycles. The van der Waals surface area contributed by atoms with Crippen LogP contribution in [-0.2, 0) is 42.5 Å². The van der Waals surface area contributed by atoms with E-state index in [9.17, 15) is 54.0 Å². The van der Waals surface area contributed by atoms with Gasteiger partial charge in [-0.3, -0.25) is 14.2 Å². The molecule has 0 radical (unpaired) electrons. The summed E-state index contributed by atoms with van der Waals surface area (Å²) in [6.45, 7) is 2.90. The minimum atomic E-state index is -5.09. The summed E-state index contributed by atoms with van der Waals surface area (Å²) in [5, 5.41) is 52.1. The van der Waals surface area contributed by atoms with Crippen LogP contribution >= 0.6 is 19.8 Å². The standard InChI is InChI=1S/C45H58N7O19PS/c1-25(54)50-39-33(52-43(46)47)23-37(72(61,62)63)70-41(39)40(34(57)24-53)71-45(60)49-9-11-65-13-15-67-17-19-68-18-16-66-14-12-64-10-8-48-44(73)51-26-2-5-29(32(20-26)42(58)59)38-30-6-3-27(55)21-35(30)69-36-22-28(56)4-7-31(36)38/h2-7,20-23,33-34,39-41,53,55,57H,8-19,24H2,1H3,(H,49,60)(H,50,54)(H,58,59)(H4,46,47,52)(H2,48,51,73)(H2,61,62,63)/t33-,34+,39+,40-,41?/m0/s1. The number of aliphatic hydroxyl groups excluding tert-OH is 2. The van der Waals surface area contributed by atoms with Crippen LogP contribution in [-0.4, -0.2) is 175 Å². The lowest BCUT2D eigenvalue weighted by molar-refractivity contribution is -0.126. The lowest BCUT2D eigenvalue weighted by atomic mass is 9.90. The molecular weight excluding hydrogens is 1010 g/mol. The van der Waals surface area contributed by atoms with E-state index in [0.717, 1.165) is 13.0 Å². The minimum Gasteiger partial charge on any atom is -0.508 e. The Bertz CT molecular complexity index is 2660. The van der Waals surface area contributed by atoms with Crippen molar-refractivity contribution in [1.82, 2.24) is 16.0 Å². The van der Waals surface area contributed by atoms with E-state index < -0.39 is 74.0 Å². The smallest absolute Gasteiger partial charge is 0.407 e. The molecule has 28 heteroatoms. The number of ether oxygens (including phenoxy) is 7. The molecule has 2 aromatic carbocycles. The molecular formula is C45H58N7O19PS. The number of anilines is 1. The predicted octanol–water partition coefficient (Wildman–Crippen LogP) is 0.351. The molecule has 1 aliphatic carbocycles. The van der Waals surface area contributed by atoms with Crippen molar-refractivity contribution in [3.63, 3.8) is 0 Å². The Morgan fingerprint density at radius 1 is 0.849 bits per heavy atom. The van der Waals surface area contributed by atoms with Gasteiger partial charge in [-0.25, -0.2) is 14.6 Å². The van der Waals surface area contributed by atoms with E-state index in [1.807, 2.05) is 0 Å². The molecule has 2 heterocycles. The van der Waals surface area contributed by atoms with E-state index in [1.165, 1.54) is 30.3 Å². The summed E-state index contributed by atoms with van der Waals surface area (Å²) in [5.74, 6) is -2.16. The molecule has 3 aliphatic rings. The number of aromatic carboxylic acids is 1. The summed E-state index contributed by atoms with van der Waals surface area (Å²) >= 11 is 5.40. The maximum atomic E-state index is 12.7. The van der Waals surface area contributed by atoms with E-state index in [2.05, 4.69) is 26.3 Å². The molecule has 0 spiro atoms. The van der Waals surface area contributed by atoms with Crippen LogP contribution < -0.4 is 38.2 Å². The van der Waals surface area contributed by atoms with Crippen molar-refractivity contribution >= 4 is 65.5 Å². The zero-order valence-electron chi connectivity index (χ0n) is 39.3. The Labute approximate surface area is 422 Å². The maximum Gasteiger partial charge on any atom is 0.407 e. The third kappa shape index (κ3) is 17.6. The fraction of sp³-hybridized carbons (Fsp3) is 0.422. The first kappa shape index (κ1) is 57.4. The molecule has 0 aromatic heterocycles. The number of alkyl carbamates (subject to hydrolysis) is 1. The Balaban J connectivity index is 0.900. The minimum absolute atomic E-state index is 0.00942. The van der Waals surface area contributed by atoms with Gasteiger partial charge in [0, 0.05) is 54.3 Å². The molecule has 26 nitrogen and oxygen atoms in total. The number of fused-ring (bicyclic) bond motifs is 2. The SMILES string of the molecule is CC(=O)N[C@H]1C([C@@H](OC(=O)NCCOCCOCCOCCOCCOCCNC(=S)Nc2ccc(-c3c4ccc(=O)cc-4oc4cc(O)ccc34)c(C(=O)O)c2)[C@H](O)CO)OC(P(=O)(O)O)=C[C@@H]1N=C(N)N. The number of thiocarbonyl (C=S) groups is 1. The lowest BCUT2D eigenvalue weighted by Gasteiger charge is -2.40. The highest BCUT2D eigenvalue weighted by atomic mass is 32.1. The van der Waals surface area contributed by atoms with E-state index in [-0.39, 0.29) is 72.8 Å². The molecule has 398 valence electrons. The van der Waals surface area contributed by atoms with Crippen molar-refractivity contribution < 1.29 is 86.7 Å². The molecule has 14 N–H and O–H groups in total. The number of aromatic hydroxyl groups is 1. The van der Waals surface area contributed by atoms with Gasteiger partial charge in [-0.05, 0) is 60.3 Å². The average molecular weight is 1060 g/mol. The van der Waals surface area contributed by atoms with Crippen LogP contribution in [0, 0.1) is 0 Å². The van der Waals surface area contributed by atoms with E-state index in [4.69, 9.17) is 61.3 Å². The van der Waals surface area contributed by atoms with Crippen molar-refractivity contribution in [2.75, 3.05) is 91.1 Å². The fourth-order valence-electron chi connectivity index (χ4n) is 7.24. The Hall–Kier alpha value is -6.49. The first-order chi connectivity index (χ1) is 34.9. The van der Waals surface area contributed by atoms with Crippen LogP contribution in [0.4, 0.5) is 10.5 Å². The highest BCUT2D eigenvalue weighted by Gasteiger charge is 2.48. The monoisotopic (exact) mass is 1060 g/mol. The molecule has 1 unspecified atom stereocenters. The number of carbonyl (C=O) groups excluding carboxylic acids is 2. The number of amides is 2. The van der Waals surface area contributed by atoms with Crippen molar-refractivity contribution in [2.45, 2.75) is 37.3 Å². The zero-order valence-corrected chi connectivity index (χ0v) is 41.0. The molecule has 2 aromatic rings. The third-order valence-corrected chi connectivity index (χ3v) is 11.4. The van der Waals surface area contributed by atoms with Gasteiger partial charge in [0.1, 0.15) is 23.2 Å². The molecule has 0 bridgehead atoms. The van der Waals surface area contributed by atoms with Crippen LogP contribution in [0.5, 0.6) is 5.75 Å². The maximum absolute atomic E-state index is 12.7. The number of carboxylic acids is 1. The van der Waals surface area contributed by atoms with Gasteiger partial charge in [0.2, 0.25) is 11.4 Å². The van der Waals surface area contributed by atoms with Crippen LogP contribution in [0.2, 0.25) is 0 Å². The molecule has 2 amide bonds. The number of hydrogen-bond donors (Lipinski definition) is 12. The number of benzene rings is 3. The Kier molecular flexibility index (Phi) is 22.1. The van der Waals surface area contributed by atoms with Gasteiger partial charge in [-0.15, -0.1) is 0 Å². The second-order valence-corrected chi connectivity index (χ2v) is 17.7. The topological polar surface area (TPSA) is 397 Å². The number of phenolic OH excluding ortho intramolecular Hbond substituents is 1. The number of nitrogens with zero attached hydrogens (tertiary/aromatic N) is 1. The summed E-state index contributed by atoms with van der Waals surface area (Å²) in [5.41, 5.74) is 11.8. The van der Waals surface area contributed by atoms with Crippen molar-refractivity contribution in [3.05, 3.63) is 82.0 Å². The zero-order chi connectivity index (χ0) is 53.1. The number of aliphatic hydroxyl groups is 2. The van der Waals surface area contributed by atoms with Gasteiger partial charge in [0.15, 0.2) is 28.7 Å².